The van der Waals surface area contributed by atoms with E-state index in [0.717, 1.165) is 22.4 Å². The number of carbonyl (C=O) groups is 2. The Balaban J connectivity index is 2.04. The van der Waals surface area contributed by atoms with Gasteiger partial charge in [0.25, 0.3) is 5.91 Å². The molecule has 2 aromatic rings. The fourth-order valence-corrected chi connectivity index (χ4v) is 3.81. The standard InChI is InChI=1S/C24H32N2O3/c1-7-21(24(28)25-23-18(3)13-17(2)14-19(23)4)26(5,6)15-22(27)29-16-20-11-9-8-10-12-20/h8-14,21H,7,15-16H2,1-6H3/p+1. The number of amides is 1. The molecule has 0 bridgehead atoms. The molecule has 5 nitrogen and oxygen atoms in total. The molecule has 0 aliphatic rings. The average Bonchev–Trinajstić information content (AvgIpc) is 2.63. The highest BCUT2D eigenvalue weighted by atomic mass is 16.5. The van der Waals surface area contributed by atoms with E-state index in [1.165, 1.54) is 5.56 Å². The van der Waals surface area contributed by atoms with Crippen LogP contribution in [0.2, 0.25) is 0 Å². The maximum Gasteiger partial charge on any atom is 0.362 e. The number of likely N-dealkylation sites (N-methyl/N-ethyl adjacent to an activating group) is 1. The van der Waals surface area contributed by atoms with Gasteiger partial charge in [0, 0.05) is 12.1 Å². The molecule has 0 aliphatic heterocycles. The number of benzene rings is 2. The van der Waals surface area contributed by atoms with Crippen LogP contribution < -0.4 is 5.32 Å². The van der Waals surface area contributed by atoms with Gasteiger partial charge in [-0.25, -0.2) is 4.79 Å². The highest BCUT2D eigenvalue weighted by Crippen LogP contribution is 2.23. The molecule has 1 unspecified atom stereocenters. The number of carbonyl (C=O) groups excluding carboxylic acids is 2. The van der Waals surface area contributed by atoms with Crippen molar-refractivity contribution in [2.45, 2.75) is 46.8 Å². The van der Waals surface area contributed by atoms with E-state index in [1.807, 2.05) is 72.1 Å². The molecular weight excluding hydrogens is 364 g/mol. The van der Waals surface area contributed by atoms with Crippen molar-refractivity contribution < 1.29 is 18.8 Å². The Hall–Kier alpha value is -2.66. The second-order valence-electron chi connectivity index (χ2n) is 8.27. The summed E-state index contributed by atoms with van der Waals surface area (Å²) in [6, 6.07) is 13.3. The van der Waals surface area contributed by atoms with Crippen molar-refractivity contribution in [3.05, 3.63) is 64.7 Å². The number of anilines is 1. The minimum Gasteiger partial charge on any atom is -0.457 e. The molecule has 0 spiro atoms. The summed E-state index contributed by atoms with van der Waals surface area (Å²) >= 11 is 0. The summed E-state index contributed by atoms with van der Waals surface area (Å²) < 4.78 is 5.66. The first-order chi connectivity index (χ1) is 13.6. The fourth-order valence-electron chi connectivity index (χ4n) is 3.81. The van der Waals surface area contributed by atoms with Gasteiger partial charge in [0.2, 0.25) is 0 Å². The number of hydrogen-bond acceptors (Lipinski definition) is 3. The molecular formula is C24H33N2O3+. The molecule has 2 aromatic carbocycles. The summed E-state index contributed by atoms with van der Waals surface area (Å²) in [5.74, 6) is -0.392. The lowest BCUT2D eigenvalue weighted by atomic mass is 10.0. The molecule has 0 saturated heterocycles. The molecule has 0 fully saturated rings. The minimum absolute atomic E-state index is 0.0802. The average molecular weight is 398 g/mol. The number of hydrogen-bond donors (Lipinski definition) is 1. The molecule has 29 heavy (non-hydrogen) atoms. The van der Waals surface area contributed by atoms with Crippen LogP contribution in [0.25, 0.3) is 0 Å². The van der Waals surface area contributed by atoms with Gasteiger partial charge in [-0.3, -0.25) is 4.79 Å². The molecule has 0 saturated carbocycles. The largest absolute Gasteiger partial charge is 0.457 e. The second kappa shape index (κ2) is 9.70. The predicted octanol–water partition coefficient (Wildman–Crippen LogP) is 4.15. The van der Waals surface area contributed by atoms with Gasteiger partial charge in [0.1, 0.15) is 6.61 Å². The molecule has 156 valence electrons. The van der Waals surface area contributed by atoms with Gasteiger partial charge in [-0.15, -0.1) is 0 Å². The Morgan fingerprint density at radius 3 is 2.17 bits per heavy atom. The molecule has 1 amide bonds. The maximum absolute atomic E-state index is 13.1. The molecule has 0 aromatic heterocycles. The highest BCUT2D eigenvalue weighted by Gasteiger charge is 2.36. The Morgan fingerprint density at radius 2 is 1.62 bits per heavy atom. The van der Waals surface area contributed by atoms with Crippen molar-refractivity contribution in [2.75, 3.05) is 26.0 Å². The van der Waals surface area contributed by atoms with Gasteiger partial charge in [-0.2, -0.15) is 0 Å². The lowest BCUT2D eigenvalue weighted by Gasteiger charge is -2.35. The van der Waals surface area contributed by atoms with Crippen LogP contribution in [0.1, 0.15) is 35.6 Å². The van der Waals surface area contributed by atoms with Crippen LogP contribution in [0, 0.1) is 20.8 Å². The minimum atomic E-state index is -0.362. The van der Waals surface area contributed by atoms with Gasteiger partial charge in [0.05, 0.1) is 14.1 Å². The van der Waals surface area contributed by atoms with Crippen molar-refractivity contribution in [3.8, 4) is 0 Å². The molecule has 0 aliphatic carbocycles. The van der Waals surface area contributed by atoms with Crippen LogP contribution in [0.5, 0.6) is 0 Å². The number of nitrogens with one attached hydrogen (secondary N) is 1. The number of rotatable bonds is 8. The van der Waals surface area contributed by atoms with Gasteiger partial charge >= 0.3 is 5.97 Å². The van der Waals surface area contributed by atoms with E-state index in [4.69, 9.17) is 4.74 Å². The van der Waals surface area contributed by atoms with Crippen LogP contribution in [0.4, 0.5) is 5.69 Å². The number of nitrogens with zero attached hydrogens (tertiary/aromatic N) is 1. The van der Waals surface area contributed by atoms with Crippen molar-refractivity contribution in [1.82, 2.24) is 0 Å². The molecule has 0 heterocycles. The summed E-state index contributed by atoms with van der Waals surface area (Å²) in [7, 11) is 3.79. The van der Waals surface area contributed by atoms with E-state index in [2.05, 4.69) is 17.4 Å². The van der Waals surface area contributed by atoms with Gasteiger partial charge < -0.3 is 14.5 Å². The zero-order valence-electron chi connectivity index (χ0n) is 18.4. The van der Waals surface area contributed by atoms with Crippen LogP contribution in [-0.2, 0) is 20.9 Å². The third kappa shape index (κ3) is 6.16. The lowest BCUT2D eigenvalue weighted by molar-refractivity contribution is -0.898. The van der Waals surface area contributed by atoms with Crippen molar-refractivity contribution >= 4 is 17.6 Å². The molecule has 2 rings (SSSR count). The first kappa shape index (κ1) is 22.6. The number of ether oxygens (including phenoxy) is 1. The number of quaternary nitrogens is 1. The zero-order chi connectivity index (χ0) is 21.6. The smallest absolute Gasteiger partial charge is 0.362 e. The summed E-state index contributed by atoms with van der Waals surface area (Å²) in [5, 5.41) is 3.09. The first-order valence-corrected chi connectivity index (χ1v) is 10.0. The van der Waals surface area contributed by atoms with E-state index in [9.17, 15) is 9.59 Å². The van der Waals surface area contributed by atoms with Crippen LogP contribution >= 0.6 is 0 Å². The van der Waals surface area contributed by atoms with Crippen LogP contribution in [0.3, 0.4) is 0 Å². The topological polar surface area (TPSA) is 55.4 Å². The molecule has 1 atom stereocenters. The predicted molar refractivity (Wildman–Crippen MR) is 117 cm³/mol. The van der Waals surface area contributed by atoms with Gasteiger partial charge in [-0.1, -0.05) is 55.0 Å². The quantitative estimate of drug-likeness (QED) is 0.538. The summed E-state index contributed by atoms with van der Waals surface area (Å²) in [5.41, 5.74) is 5.05. The Morgan fingerprint density at radius 1 is 1.03 bits per heavy atom. The Labute approximate surface area is 174 Å². The van der Waals surface area contributed by atoms with E-state index >= 15 is 0 Å². The Bertz CT molecular complexity index is 837. The van der Waals surface area contributed by atoms with Gasteiger partial charge in [0.15, 0.2) is 12.6 Å². The second-order valence-corrected chi connectivity index (χ2v) is 8.27. The van der Waals surface area contributed by atoms with Gasteiger partial charge in [-0.05, 0) is 37.5 Å². The van der Waals surface area contributed by atoms with E-state index in [0.29, 0.717) is 6.42 Å². The highest BCUT2D eigenvalue weighted by molar-refractivity contribution is 5.95. The summed E-state index contributed by atoms with van der Waals surface area (Å²) in [6.45, 7) is 8.37. The summed E-state index contributed by atoms with van der Waals surface area (Å²) in [4.78, 5) is 25.5. The van der Waals surface area contributed by atoms with Crippen molar-refractivity contribution in [1.29, 1.82) is 0 Å². The van der Waals surface area contributed by atoms with E-state index in [1.54, 1.807) is 0 Å². The maximum atomic E-state index is 13.1. The lowest BCUT2D eigenvalue weighted by Crippen LogP contribution is -2.56. The number of aryl methyl sites for hydroxylation is 3. The third-order valence-corrected chi connectivity index (χ3v) is 5.24. The normalized spacial score (nSPS) is 12.3. The van der Waals surface area contributed by atoms with Crippen molar-refractivity contribution in [3.63, 3.8) is 0 Å². The molecule has 5 heteroatoms. The van der Waals surface area contributed by atoms with Crippen LogP contribution in [-0.4, -0.2) is 43.0 Å². The SMILES string of the molecule is CCC(C(=O)Nc1c(C)cc(C)cc1C)[N+](C)(C)CC(=O)OCc1ccccc1. The third-order valence-electron chi connectivity index (χ3n) is 5.24. The summed E-state index contributed by atoms with van der Waals surface area (Å²) in [6.07, 6.45) is 0.620. The van der Waals surface area contributed by atoms with Crippen molar-refractivity contribution in [2.24, 2.45) is 0 Å². The van der Waals surface area contributed by atoms with Crippen LogP contribution in [0.15, 0.2) is 42.5 Å². The molecule has 0 radical (unpaired) electrons. The van der Waals surface area contributed by atoms with E-state index in [-0.39, 0.29) is 35.6 Å². The monoisotopic (exact) mass is 397 g/mol. The first-order valence-electron chi connectivity index (χ1n) is 10.0. The molecule has 1 N–H and O–H groups in total. The fraction of sp³-hybridized carbons (Fsp3) is 0.417. The zero-order valence-corrected chi connectivity index (χ0v) is 18.4. The number of esters is 1. The van der Waals surface area contributed by atoms with E-state index < -0.39 is 0 Å². The Kier molecular flexibility index (Phi) is 7.57.